The first-order valence-electron chi connectivity index (χ1n) is 5.67. The van der Waals surface area contributed by atoms with Gasteiger partial charge in [0.2, 0.25) is 0 Å². The lowest BCUT2D eigenvalue weighted by atomic mass is 10.2. The second-order valence-electron chi connectivity index (χ2n) is 3.73. The molecule has 0 aliphatic rings. The molecule has 0 saturated heterocycles. The van der Waals surface area contributed by atoms with Crippen molar-refractivity contribution in [2.24, 2.45) is 5.73 Å². The van der Waals surface area contributed by atoms with E-state index in [9.17, 15) is 0 Å². The van der Waals surface area contributed by atoms with Crippen LogP contribution in [0.15, 0.2) is 29.6 Å². The zero-order valence-electron chi connectivity index (χ0n) is 9.85. The molecule has 0 bridgehead atoms. The molecule has 0 spiro atoms. The normalized spacial score (nSPS) is 10.5. The Morgan fingerprint density at radius 1 is 1.41 bits per heavy atom. The van der Waals surface area contributed by atoms with Crippen molar-refractivity contribution < 1.29 is 4.74 Å². The Labute approximate surface area is 105 Å². The molecule has 1 aromatic heterocycles. The number of nitrogens with two attached hydrogens (primary N) is 1. The van der Waals surface area contributed by atoms with E-state index in [4.69, 9.17) is 10.5 Å². The molecule has 4 heteroatoms. The number of hydrogen-bond donors (Lipinski definition) is 1. The molecule has 0 radical (unpaired) electrons. The first-order valence-corrected chi connectivity index (χ1v) is 6.55. The summed E-state index contributed by atoms with van der Waals surface area (Å²) < 4.78 is 5.70. The maximum Gasteiger partial charge on any atom is 0.140 e. The number of hydrogen-bond acceptors (Lipinski definition) is 4. The van der Waals surface area contributed by atoms with Gasteiger partial charge < -0.3 is 10.5 Å². The van der Waals surface area contributed by atoms with Crippen LogP contribution in [0.2, 0.25) is 0 Å². The van der Waals surface area contributed by atoms with Crippen LogP contribution in [0.3, 0.4) is 0 Å². The second-order valence-corrected chi connectivity index (χ2v) is 4.67. The van der Waals surface area contributed by atoms with Gasteiger partial charge in [0.1, 0.15) is 17.4 Å². The van der Waals surface area contributed by atoms with E-state index >= 15 is 0 Å². The summed E-state index contributed by atoms with van der Waals surface area (Å²) in [6.07, 6.45) is 1.02. The van der Waals surface area contributed by atoms with Gasteiger partial charge in [-0.3, -0.25) is 0 Å². The van der Waals surface area contributed by atoms with E-state index in [2.05, 4.69) is 24.0 Å². The van der Waals surface area contributed by atoms with Crippen molar-refractivity contribution in [3.63, 3.8) is 0 Å². The van der Waals surface area contributed by atoms with Crippen LogP contribution in [0.25, 0.3) is 0 Å². The molecule has 0 saturated carbocycles. The maximum absolute atomic E-state index is 5.70. The summed E-state index contributed by atoms with van der Waals surface area (Å²) in [5.74, 6) is 0.897. The van der Waals surface area contributed by atoms with Crippen molar-refractivity contribution >= 4 is 11.3 Å². The highest BCUT2D eigenvalue weighted by molar-refractivity contribution is 7.09. The van der Waals surface area contributed by atoms with Crippen LogP contribution in [0.5, 0.6) is 5.75 Å². The van der Waals surface area contributed by atoms with Crippen LogP contribution in [-0.4, -0.2) is 4.98 Å². The molecule has 1 heterocycles. The fourth-order valence-corrected chi connectivity index (χ4v) is 2.23. The average Bonchev–Trinajstić information content (AvgIpc) is 2.84. The maximum atomic E-state index is 5.70. The molecule has 0 fully saturated rings. The molecule has 2 rings (SSSR count). The lowest BCUT2D eigenvalue weighted by molar-refractivity contribution is 0.305. The number of aryl methyl sites for hydroxylation is 1. The largest absolute Gasteiger partial charge is 0.486 e. The van der Waals surface area contributed by atoms with Gasteiger partial charge in [0.25, 0.3) is 0 Å². The second kappa shape index (κ2) is 5.80. The average molecular weight is 248 g/mol. The highest BCUT2D eigenvalue weighted by atomic mass is 32.1. The third-order valence-corrected chi connectivity index (χ3v) is 3.35. The number of rotatable bonds is 5. The third-order valence-electron chi connectivity index (χ3n) is 2.48. The van der Waals surface area contributed by atoms with Crippen molar-refractivity contribution in [1.29, 1.82) is 0 Å². The van der Waals surface area contributed by atoms with Gasteiger partial charge in [-0.2, -0.15) is 0 Å². The molecule has 90 valence electrons. The van der Waals surface area contributed by atoms with E-state index < -0.39 is 0 Å². The number of benzene rings is 1. The highest BCUT2D eigenvalue weighted by Gasteiger charge is 2.02. The number of thiazole rings is 1. The molecule has 2 aromatic rings. The summed E-state index contributed by atoms with van der Waals surface area (Å²) in [6.45, 7) is 3.13. The fourth-order valence-electron chi connectivity index (χ4n) is 1.51. The Bertz CT molecular complexity index is 482. The smallest absolute Gasteiger partial charge is 0.140 e. The van der Waals surface area contributed by atoms with Gasteiger partial charge in [0, 0.05) is 11.9 Å². The van der Waals surface area contributed by atoms with Crippen LogP contribution in [0.1, 0.15) is 23.2 Å². The SMILES string of the molecule is CCc1cccc(OCc2nc(CN)cs2)c1. The number of ether oxygens (including phenoxy) is 1. The van der Waals surface area contributed by atoms with Crippen molar-refractivity contribution in [1.82, 2.24) is 4.98 Å². The minimum Gasteiger partial charge on any atom is -0.486 e. The summed E-state index contributed by atoms with van der Waals surface area (Å²) in [4.78, 5) is 4.35. The van der Waals surface area contributed by atoms with Crippen LogP contribution >= 0.6 is 11.3 Å². The van der Waals surface area contributed by atoms with Crippen molar-refractivity contribution in [2.45, 2.75) is 26.5 Å². The van der Waals surface area contributed by atoms with E-state index in [1.165, 1.54) is 5.56 Å². The molecule has 0 atom stereocenters. The van der Waals surface area contributed by atoms with E-state index in [0.717, 1.165) is 22.9 Å². The molecule has 2 N–H and O–H groups in total. The fraction of sp³-hybridized carbons (Fsp3) is 0.308. The Hall–Kier alpha value is -1.39. The summed E-state index contributed by atoms with van der Waals surface area (Å²) in [7, 11) is 0. The van der Waals surface area contributed by atoms with Gasteiger partial charge >= 0.3 is 0 Å². The lowest BCUT2D eigenvalue weighted by Crippen LogP contribution is -1.99. The zero-order valence-corrected chi connectivity index (χ0v) is 10.7. The van der Waals surface area contributed by atoms with Crippen LogP contribution < -0.4 is 10.5 Å². The van der Waals surface area contributed by atoms with Crippen molar-refractivity contribution in [3.05, 3.63) is 45.9 Å². The lowest BCUT2D eigenvalue weighted by Gasteiger charge is -2.05. The topological polar surface area (TPSA) is 48.1 Å². The van der Waals surface area contributed by atoms with E-state index in [1.54, 1.807) is 11.3 Å². The molecular formula is C13H16N2OS. The zero-order chi connectivity index (χ0) is 12.1. The van der Waals surface area contributed by atoms with Gasteiger partial charge in [0.05, 0.1) is 5.69 Å². The van der Waals surface area contributed by atoms with Gasteiger partial charge in [-0.15, -0.1) is 11.3 Å². The highest BCUT2D eigenvalue weighted by Crippen LogP contribution is 2.17. The number of aromatic nitrogens is 1. The molecule has 0 aliphatic heterocycles. The van der Waals surface area contributed by atoms with Gasteiger partial charge in [-0.25, -0.2) is 4.98 Å². The molecule has 0 unspecified atom stereocenters. The van der Waals surface area contributed by atoms with Crippen LogP contribution in [0.4, 0.5) is 0 Å². The Balaban J connectivity index is 1.96. The monoisotopic (exact) mass is 248 g/mol. The summed E-state index contributed by atoms with van der Waals surface area (Å²) in [6, 6.07) is 8.15. The Morgan fingerprint density at radius 3 is 3.00 bits per heavy atom. The molecule has 3 nitrogen and oxygen atoms in total. The van der Waals surface area contributed by atoms with E-state index in [-0.39, 0.29) is 0 Å². The predicted octanol–water partition coefficient (Wildman–Crippen LogP) is 2.74. The summed E-state index contributed by atoms with van der Waals surface area (Å²) in [5.41, 5.74) is 7.72. The van der Waals surface area contributed by atoms with Crippen molar-refractivity contribution in [2.75, 3.05) is 0 Å². The van der Waals surface area contributed by atoms with E-state index in [1.807, 2.05) is 17.5 Å². The standard InChI is InChI=1S/C13H16N2OS/c1-2-10-4-3-5-12(6-10)16-8-13-15-11(7-14)9-17-13/h3-6,9H,2,7-8,14H2,1H3. The van der Waals surface area contributed by atoms with Crippen LogP contribution in [0, 0.1) is 0 Å². The minimum absolute atomic E-state index is 0.488. The molecular weight excluding hydrogens is 232 g/mol. The first kappa shape index (κ1) is 12.1. The quantitative estimate of drug-likeness (QED) is 0.885. The van der Waals surface area contributed by atoms with Gasteiger partial charge in [-0.1, -0.05) is 19.1 Å². The molecule has 0 amide bonds. The van der Waals surface area contributed by atoms with E-state index in [0.29, 0.717) is 13.2 Å². The first-order chi connectivity index (χ1) is 8.31. The summed E-state index contributed by atoms with van der Waals surface area (Å²) in [5, 5.41) is 2.94. The minimum atomic E-state index is 0.488. The van der Waals surface area contributed by atoms with Crippen LogP contribution in [-0.2, 0) is 19.6 Å². The van der Waals surface area contributed by atoms with Crippen molar-refractivity contribution in [3.8, 4) is 5.75 Å². The molecule has 17 heavy (non-hydrogen) atoms. The summed E-state index contributed by atoms with van der Waals surface area (Å²) >= 11 is 1.59. The van der Waals surface area contributed by atoms with Gasteiger partial charge in [0.15, 0.2) is 0 Å². The Morgan fingerprint density at radius 2 is 2.29 bits per heavy atom. The molecule has 0 aliphatic carbocycles. The molecule has 1 aromatic carbocycles. The predicted molar refractivity (Wildman–Crippen MR) is 70.2 cm³/mol. The Kier molecular flexibility index (Phi) is 4.12. The third kappa shape index (κ3) is 3.28. The number of nitrogens with zero attached hydrogens (tertiary/aromatic N) is 1. The van der Waals surface area contributed by atoms with Gasteiger partial charge in [-0.05, 0) is 24.1 Å².